The third-order valence-electron chi connectivity index (χ3n) is 4.99. The molecule has 158 valence electrons. The van der Waals surface area contributed by atoms with Crippen LogP contribution in [0, 0.1) is 0 Å². The Morgan fingerprint density at radius 1 is 1.21 bits per heavy atom. The standard InChI is InChI=1S/C19H26N4O4S2/c1-4-29(25,26)22-16-10-8-15(9-11-16)18-20-21-19(27-18)28-12-17(24)23-13(2)6-5-7-14(23)3/h8-11,13-14,22H,4-7,12H2,1-3H3/t13-,14-/m1/s1. The molecule has 0 saturated carbocycles. The number of carbonyl (C=O) groups excluding carboxylic acids is 1. The molecule has 10 heteroatoms. The molecule has 0 bridgehead atoms. The summed E-state index contributed by atoms with van der Waals surface area (Å²) in [5.74, 6) is 0.673. The van der Waals surface area contributed by atoms with E-state index in [0.717, 1.165) is 19.3 Å². The quantitative estimate of drug-likeness (QED) is 0.661. The molecule has 2 heterocycles. The van der Waals surface area contributed by atoms with Gasteiger partial charge in [-0.1, -0.05) is 11.8 Å². The second-order valence-corrected chi connectivity index (χ2v) is 10.1. The van der Waals surface area contributed by atoms with Gasteiger partial charge in [-0.3, -0.25) is 9.52 Å². The summed E-state index contributed by atoms with van der Waals surface area (Å²) < 4.78 is 31.4. The first-order chi connectivity index (χ1) is 13.8. The molecule has 2 aromatic rings. The normalized spacial score (nSPS) is 19.9. The van der Waals surface area contributed by atoms with E-state index in [1.54, 1.807) is 31.2 Å². The van der Waals surface area contributed by atoms with Crippen LogP contribution >= 0.6 is 11.8 Å². The molecule has 1 N–H and O–H groups in total. The number of aromatic nitrogens is 2. The molecule has 8 nitrogen and oxygen atoms in total. The number of nitrogens with zero attached hydrogens (tertiary/aromatic N) is 3. The lowest BCUT2D eigenvalue weighted by atomic mass is 9.98. The highest BCUT2D eigenvalue weighted by atomic mass is 32.2. The van der Waals surface area contributed by atoms with Gasteiger partial charge >= 0.3 is 0 Å². The topological polar surface area (TPSA) is 105 Å². The fraction of sp³-hybridized carbons (Fsp3) is 0.526. The predicted molar refractivity (Wildman–Crippen MR) is 113 cm³/mol. The van der Waals surface area contributed by atoms with Crippen molar-refractivity contribution in [2.24, 2.45) is 0 Å². The van der Waals surface area contributed by atoms with E-state index in [0.29, 0.717) is 22.4 Å². The van der Waals surface area contributed by atoms with Gasteiger partial charge < -0.3 is 9.32 Å². The number of rotatable bonds is 7. The maximum atomic E-state index is 12.6. The minimum atomic E-state index is -3.32. The first-order valence-corrected chi connectivity index (χ1v) is 12.3. The van der Waals surface area contributed by atoms with Gasteiger partial charge in [0.2, 0.25) is 21.8 Å². The Morgan fingerprint density at radius 3 is 2.48 bits per heavy atom. The molecule has 0 unspecified atom stereocenters. The van der Waals surface area contributed by atoms with Gasteiger partial charge in [0, 0.05) is 23.3 Å². The second kappa shape index (κ2) is 9.17. The van der Waals surface area contributed by atoms with E-state index in [-0.39, 0.29) is 29.5 Å². The third-order valence-corrected chi connectivity index (χ3v) is 7.10. The average molecular weight is 439 g/mol. The van der Waals surface area contributed by atoms with Crippen LogP contribution in [0.25, 0.3) is 11.5 Å². The van der Waals surface area contributed by atoms with Crippen molar-refractivity contribution in [3.63, 3.8) is 0 Å². The van der Waals surface area contributed by atoms with Crippen molar-refractivity contribution < 1.29 is 17.6 Å². The average Bonchev–Trinajstić information content (AvgIpc) is 3.15. The van der Waals surface area contributed by atoms with E-state index in [1.165, 1.54) is 11.8 Å². The van der Waals surface area contributed by atoms with E-state index in [9.17, 15) is 13.2 Å². The number of thioether (sulfide) groups is 1. The van der Waals surface area contributed by atoms with Crippen LogP contribution in [0.4, 0.5) is 5.69 Å². The van der Waals surface area contributed by atoms with Crippen LogP contribution in [-0.4, -0.2) is 53.0 Å². The van der Waals surface area contributed by atoms with Crippen LogP contribution in [0.3, 0.4) is 0 Å². The number of carbonyl (C=O) groups is 1. The number of amides is 1. The zero-order chi connectivity index (χ0) is 21.0. The summed E-state index contributed by atoms with van der Waals surface area (Å²) in [6.45, 7) is 5.76. The number of likely N-dealkylation sites (tertiary alicyclic amines) is 1. The molecule has 29 heavy (non-hydrogen) atoms. The van der Waals surface area contributed by atoms with Crippen LogP contribution in [-0.2, 0) is 14.8 Å². The predicted octanol–water partition coefficient (Wildman–Crippen LogP) is 3.38. The van der Waals surface area contributed by atoms with Crippen molar-refractivity contribution in [3.8, 4) is 11.5 Å². The SMILES string of the molecule is CCS(=O)(=O)Nc1ccc(-c2nnc(SCC(=O)N3[C@H](C)CCC[C@H]3C)o2)cc1. The summed E-state index contributed by atoms with van der Waals surface area (Å²) in [7, 11) is -3.32. The number of hydrogen-bond acceptors (Lipinski definition) is 7. The number of hydrogen-bond donors (Lipinski definition) is 1. The van der Waals surface area contributed by atoms with Crippen LogP contribution in [0.1, 0.15) is 40.0 Å². The van der Waals surface area contributed by atoms with Gasteiger partial charge in [-0.15, -0.1) is 10.2 Å². The van der Waals surface area contributed by atoms with Gasteiger partial charge in [0.25, 0.3) is 5.22 Å². The highest BCUT2D eigenvalue weighted by molar-refractivity contribution is 7.99. The van der Waals surface area contributed by atoms with Crippen molar-refractivity contribution in [1.82, 2.24) is 15.1 Å². The van der Waals surface area contributed by atoms with Crippen molar-refractivity contribution in [1.29, 1.82) is 0 Å². The summed E-state index contributed by atoms with van der Waals surface area (Å²) in [4.78, 5) is 14.6. The van der Waals surface area contributed by atoms with Gasteiger partial charge in [0.1, 0.15) is 0 Å². The molecule has 1 aliphatic rings. The molecule has 3 rings (SSSR count). The van der Waals surface area contributed by atoms with Crippen LogP contribution in [0.5, 0.6) is 0 Å². The molecule has 2 atom stereocenters. The van der Waals surface area contributed by atoms with E-state index in [4.69, 9.17) is 4.42 Å². The number of anilines is 1. The zero-order valence-electron chi connectivity index (χ0n) is 16.8. The van der Waals surface area contributed by atoms with Gasteiger partial charge in [-0.2, -0.15) is 0 Å². The van der Waals surface area contributed by atoms with Crippen molar-refractivity contribution in [3.05, 3.63) is 24.3 Å². The molecule has 1 fully saturated rings. The van der Waals surface area contributed by atoms with Gasteiger partial charge in [0.15, 0.2) is 0 Å². The zero-order valence-corrected chi connectivity index (χ0v) is 18.4. The smallest absolute Gasteiger partial charge is 0.277 e. The summed E-state index contributed by atoms with van der Waals surface area (Å²) >= 11 is 1.23. The molecule has 0 aliphatic carbocycles. The van der Waals surface area contributed by atoms with Crippen molar-refractivity contribution in [2.45, 2.75) is 57.3 Å². The summed E-state index contributed by atoms with van der Waals surface area (Å²) in [6, 6.07) is 7.21. The summed E-state index contributed by atoms with van der Waals surface area (Å²) in [6.07, 6.45) is 3.23. The fourth-order valence-corrected chi connectivity index (χ4v) is 4.70. The van der Waals surface area contributed by atoms with E-state index in [2.05, 4.69) is 28.8 Å². The fourth-order valence-electron chi connectivity index (χ4n) is 3.43. The maximum Gasteiger partial charge on any atom is 0.277 e. The Labute approximate surface area is 175 Å². The highest BCUT2D eigenvalue weighted by Gasteiger charge is 2.29. The van der Waals surface area contributed by atoms with Crippen LogP contribution in [0.15, 0.2) is 33.9 Å². The molecule has 1 aliphatic heterocycles. The van der Waals surface area contributed by atoms with E-state index in [1.807, 2.05) is 4.90 Å². The number of benzene rings is 1. The van der Waals surface area contributed by atoms with E-state index >= 15 is 0 Å². The molecule has 1 aromatic heterocycles. The highest BCUT2D eigenvalue weighted by Crippen LogP contribution is 2.27. The molecular formula is C19H26N4O4S2. The largest absolute Gasteiger partial charge is 0.411 e. The van der Waals surface area contributed by atoms with Crippen molar-refractivity contribution >= 4 is 33.4 Å². The molecule has 1 amide bonds. The monoisotopic (exact) mass is 438 g/mol. The molecule has 0 spiro atoms. The van der Waals surface area contributed by atoms with E-state index < -0.39 is 10.0 Å². The Morgan fingerprint density at radius 2 is 1.86 bits per heavy atom. The van der Waals surface area contributed by atoms with Crippen LogP contribution in [0.2, 0.25) is 0 Å². The number of piperidine rings is 1. The first kappa shape index (κ1) is 21.6. The Balaban J connectivity index is 1.60. The second-order valence-electron chi connectivity index (χ2n) is 7.17. The molecule has 1 aromatic carbocycles. The molecule has 0 radical (unpaired) electrons. The lowest BCUT2D eigenvalue weighted by Gasteiger charge is -2.39. The third kappa shape index (κ3) is 5.51. The lowest BCUT2D eigenvalue weighted by molar-refractivity contribution is -0.134. The van der Waals surface area contributed by atoms with Crippen molar-refractivity contribution in [2.75, 3.05) is 16.2 Å². The molecule has 1 saturated heterocycles. The minimum absolute atomic E-state index is 0.00665. The van der Waals surface area contributed by atoms with Gasteiger partial charge in [-0.05, 0) is 64.3 Å². The number of sulfonamides is 1. The van der Waals surface area contributed by atoms with Gasteiger partial charge in [0.05, 0.1) is 11.5 Å². The first-order valence-electron chi connectivity index (χ1n) is 9.67. The Hall–Kier alpha value is -2.07. The maximum absolute atomic E-state index is 12.6. The minimum Gasteiger partial charge on any atom is -0.411 e. The van der Waals surface area contributed by atoms with Gasteiger partial charge in [-0.25, -0.2) is 8.42 Å². The van der Waals surface area contributed by atoms with Crippen LogP contribution < -0.4 is 4.72 Å². The Kier molecular flexibility index (Phi) is 6.84. The summed E-state index contributed by atoms with van der Waals surface area (Å²) in [5.41, 5.74) is 1.15. The lowest BCUT2D eigenvalue weighted by Crippen LogP contribution is -2.48. The Bertz CT molecular complexity index is 933. The number of nitrogens with one attached hydrogen (secondary N) is 1. The summed E-state index contributed by atoms with van der Waals surface area (Å²) in [5, 5.41) is 8.37. The molecular weight excluding hydrogens is 412 g/mol.